The van der Waals surface area contributed by atoms with Gasteiger partial charge in [-0.3, -0.25) is 0 Å². The molecule has 78 valence electrons. The van der Waals surface area contributed by atoms with Gasteiger partial charge in [0.25, 0.3) is 0 Å². The molecule has 13 heavy (non-hydrogen) atoms. The fraction of sp³-hybridized carbons (Fsp3) is 1.00. The summed E-state index contributed by atoms with van der Waals surface area (Å²) < 4.78 is 10.8. The quantitative estimate of drug-likeness (QED) is 0.607. The summed E-state index contributed by atoms with van der Waals surface area (Å²) in [5.41, 5.74) is 0. The number of rotatable bonds is 7. The van der Waals surface area contributed by atoms with Crippen molar-refractivity contribution in [3.8, 4) is 0 Å². The Hall–Kier alpha value is -0.120. The molecule has 1 fully saturated rings. The van der Waals surface area contributed by atoms with Gasteiger partial charge in [-0.25, -0.2) is 0 Å². The molecule has 0 radical (unpaired) electrons. The highest BCUT2D eigenvalue weighted by molar-refractivity contribution is 4.66. The molecule has 0 amide bonds. The maximum Gasteiger partial charge on any atom is 0.104 e. The smallest absolute Gasteiger partial charge is 0.104 e. The molecule has 0 saturated carbocycles. The van der Waals surface area contributed by atoms with E-state index in [1.165, 1.54) is 6.42 Å². The van der Waals surface area contributed by atoms with Gasteiger partial charge in [0.05, 0.1) is 19.3 Å². The predicted octanol–water partition coefficient (Wildman–Crippen LogP) is 1.18. The van der Waals surface area contributed by atoms with Crippen LogP contribution in [0.3, 0.4) is 0 Å². The van der Waals surface area contributed by atoms with Crippen LogP contribution in [0.15, 0.2) is 0 Å². The summed E-state index contributed by atoms with van der Waals surface area (Å²) in [6, 6.07) is 0. The second kappa shape index (κ2) is 6.35. The van der Waals surface area contributed by atoms with Crippen molar-refractivity contribution in [2.75, 3.05) is 26.3 Å². The van der Waals surface area contributed by atoms with Crippen molar-refractivity contribution in [1.82, 2.24) is 5.32 Å². The van der Waals surface area contributed by atoms with E-state index < -0.39 is 0 Å². The first-order valence-electron chi connectivity index (χ1n) is 5.27. The van der Waals surface area contributed by atoms with Crippen LogP contribution in [0.2, 0.25) is 0 Å². The third-order valence-electron chi connectivity index (χ3n) is 2.25. The zero-order valence-electron chi connectivity index (χ0n) is 8.71. The first-order valence-corrected chi connectivity index (χ1v) is 5.27. The van der Waals surface area contributed by atoms with E-state index in [0.717, 1.165) is 32.7 Å². The lowest BCUT2D eigenvalue weighted by Gasteiger charge is -2.29. The van der Waals surface area contributed by atoms with Crippen molar-refractivity contribution in [3.05, 3.63) is 0 Å². The van der Waals surface area contributed by atoms with Crippen LogP contribution >= 0.6 is 0 Å². The van der Waals surface area contributed by atoms with E-state index in [2.05, 4.69) is 19.2 Å². The number of ether oxygens (including phenoxy) is 2. The van der Waals surface area contributed by atoms with Gasteiger partial charge in [0.15, 0.2) is 0 Å². The van der Waals surface area contributed by atoms with E-state index in [0.29, 0.717) is 12.2 Å². The molecule has 0 spiro atoms. The van der Waals surface area contributed by atoms with Crippen molar-refractivity contribution in [3.63, 3.8) is 0 Å². The Bertz CT molecular complexity index is 126. The Morgan fingerprint density at radius 2 is 2.31 bits per heavy atom. The SMILES string of the molecule is CCNCCCC(C)OC1COC1. The summed E-state index contributed by atoms with van der Waals surface area (Å²) in [5, 5.41) is 3.30. The highest BCUT2D eigenvalue weighted by Gasteiger charge is 2.20. The summed E-state index contributed by atoms with van der Waals surface area (Å²) in [6.45, 7) is 8.02. The average Bonchev–Trinajstić information content (AvgIpc) is 2.06. The minimum Gasteiger partial charge on any atom is -0.376 e. The molecule has 1 N–H and O–H groups in total. The van der Waals surface area contributed by atoms with Crippen molar-refractivity contribution in [1.29, 1.82) is 0 Å². The Morgan fingerprint density at radius 1 is 1.54 bits per heavy atom. The van der Waals surface area contributed by atoms with E-state index in [4.69, 9.17) is 9.47 Å². The molecule has 1 unspecified atom stereocenters. The Morgan fingerprint density at radius 3 is 2.85 bits per heavy atom. The Labute approximate surface area is 80.8 Å². The highest BCUT2D eigenvalue weighted by atomic mass is 16.6. The third-order valence-corrected chi connectivity index (χ3v) is 2.25. The molecule has 0 bridgehead atoms. The van der Waals surface area contributed by atoms with E-state index >= 15 is 0 Å². The summed E-state index contributed by atoms with van der Waals surface area (Å²) in [7, 11) is 0. The Kier molecular flexibility index (Phi) is 5.35. The molecule has 1 saturated heterocycles. The molecule has 0 aliphatic carbocycles. The lowest BCUT2D eigenvalue weighted by Crippen LogP contribution is -2.38. The second-order valence-corrected chi connectivity index (χ2v) is 3.60. The van der Waals surface area contributed by atoms with E-state index in [1.807, 2.05) is 0 Å². The first kappa shape index (κ1) is 11.0. The Balaban J connectivity index is 1.87. The van der Waals surface area contributed by atoms with Gasteiger partial charge in [-0.2, -0.15) is 0 Å². The maximum atomic E-state index is 5.71. The summed E-state index contributed by atoms with van der Waals surface area (Å²) in [4.78, 5) is 0. The average molecular weight is 187 g/mol. The molecule has 0 aromatic carbocycles. The molecular weight excluding hydrogens is 166 g/mol. The number of hydrogen-bond donors (Lipinski definition) is 1. The molecule has 0 aromatic rings. The van der Waals surface area contributed by atoms with Crippen molar-refractivity contribution in [2.45, 2.75) is 38.9 Å². The summed E-state index contributed by atoms with van der Waals surface area (Å²) in [5.74, 6) is 0. The minimum atomic E-state index is 0.370. The van der Waals surface area contributed by atoms with Crippen LogP contribution in [0.5, 0.6) is 0 Å². The number of nitrogens with one attached hydrogen (secondary N) is 1. The maximum absolute atomic E-state index is 5.71. The minimum absolute atomic E-state index is 0.370. The normalized spacial score (nSPS) is 19.8. The van der Waals surface area contributed by atoms with Crippen LogP contribution in [-0.4, -0.2) is 38.5 Å². The molecule has 3 nitrogen and oxygen atoms in total. The first-order chi connectivity index (χ1) is 6.33. The number of hydrogen-bond acceptors (Lipinski definition) is 3. The predicted molar refractivity (Wildman–Crippen MR) is 52.9 cm³/mol. The van der Waals surface area contributed by atoms with Gasteiger partial charge < -0.3 is 14.8 Å². The van der Waals surface area contributed by atoms with Crippen LogP contribution in [0.25, 0.3) is 0 Å². The van der Waals surface area contributed by atoms with Crippen LogP contribution < -0.4 is 5.32 Å². The van der Waals surface area contributed by atoms with Crippen molar-refractivity contribution < 1.29 is 9.47 Å². The molecule has 1 heterocycles. The second-order valence-electron chi connectivity index (χ2n) is 3.60. The topological polar surface area (TPSA) is 30.5 Å². The van der Waals surface area contributed by atoms with Crippen LogP contribution in [0.4, 0.5) is 0 Å². The standard InChI is InChI=1S/C10H21NO2/c1-3-11-6-4-5-9(2)13-10-7-12-8-10/h9-11H,3-8H2,1-2H3. The molecule has 3 heteroatoms. The van der Waals surface area contributed by atoms with Gasteiger partial charge in [-0.15, -0.1) is 0 Å². The fourth-order valence-corrected chi connectivity index (χ4v) is 1.38. The van der Waals surface area contributed by atoms with Gasteiger partial charge in [-0.1, -0.05) is 6.92 Å². The van der Waals surface area contributed by atoms with Gasteiger partial charge in [0.1, 0.15) is 6.10 Å². The molecule has 1 atom stereocenters. The lowest BCUT2D eigenvalue weighted by atomic mass is 10.2. The van der Waals surface area contributed by atoms with Gasteiger partial charge in [0.2, 0.25) is 0 Å². The summed E-state index contributed by atoms with van der Waals surface area (Å²) in [6.07, 6.45) is 3.09. The molecule has 1 aliphatic heterocycles. The molecular formula is C10H21NO2. The molecule has 1 aliphatic rings. The monoisotopic (exact) mass is 187 g/mol. The summed E-state index contributed by atoms with van der Waals surface area (Å²) >= 11 is 0. The van der Waals surface area contributed by atoms with Gasteiger partial charge >= 0.3 is 0 Å². The van der Waals surface area contributed by atoms with Crippen LogP contribution in [0.1, 0.15) is 26.7 Å². The largest absolute Gasteiger partial charge is 0.376 e. The van der Waals surface area contributed by atoms with E-state index in [1.54, 1.807) is 0 Å². The van der Waals surface area contributed by atoms with Crippen LogP contribution in [-0.2, 0) is 9.47 Å². The van der Waals surface area contributed by atoms with Crippen molar-refractivity contribution >= 4 is 0 Å². The third kappa shape index (κ3) is 4.60. The van der Waals surface area contributed by atoms with Crippen molar-refractivity contribution in [2.24, 2.45) is 0 Å². The lowest BCUT2D eigenvalue weighted by molar-refractivity contribution is -0.151. The van der Waals surface area contributed by atoms with Crippen LogP contribution in [0, 0.1) is 0 Å². The van der Waals surface area contributed by atoms with E-state index in [-0.39, 0.29) is 0 Å². The van der Waals surface area contributed by atoms with E-state index in [9.17, 15) is 0 Å². The molecule has 0 aromatic heterocycles. The van der Waals surface area contributed by atoms with Gasteiger partial charge in [0, 0.05) is 0 Å². The zero-order chi connectivity index (χ0) is 9.52. The fourth-order valence-electron chi connectivity index (χ4n) is 1.38. The highest BCUT2D eigenvalue weighted by Crippen LogP contribution is 2.11. The van der Waals surface area contributed by atoms with Gasteiger partial charge in [-0.05, 0) is 32.9 Å². The zero-order valence-corrected chi connectivity index (χ0v) is 8.71. The molecule has 1 rings (SSSR count).